The van der Waals surface area contributed by atoms with E-state index in [-0.39, 0.29) is 6.42 Å². The molecule has 0 aliphatic heterocycles. The summed E-state index contributed by atoms with van der Waals surface area (Å²) in [6.07, 6.45) is -4.65. The molecule has 1 atom stereocenters. The number of rotatable bonds is 3. The van der Waals surface area contributed by atoms with Gasteiger partial charge in [-0.25, -0.2) is 0 Å². The van der Waals surface area contributed by atoms with Crippen molar-refractivity contribution >= 4 is 0 Å². The Morgan fingerprint density at radius 1 is 1.38 bits per heavy atom. The minimum absolute atomic E-state index is 0.265. The van der Waals surface area contributed by atoms with Crippen LogP contribution in [0.25, 0.3) is 0 Å². The molecule has 1 rings (SSSR count). The Hall–Kier alpha value is -1.23. The first kappa shape index (κ1) is 12.8. The van der Waals surface area contributed by atoms with Gasteiger partial charge in [-0.15, -0.1) is 0 Å². The molecule has 16 heavy (non-hydrogen) atoms. The molecule has 1 aromatic carbocycles. The highest BCUT2D eigenvalue weighted by Gasteiger charge is 2.37. The van der Waals surface area contributed by atoms with Gasteiger partial charge in [0.15, 0.2) is 0 Å². The highest BCUT2D eigenvalue weighted by atomic mass is 19.4. The quantitative estimate of drug-likeness (QED) is 0.870. The zero-order chi connectivity index (χ0) is 12.3. The number of hydrogen-bond donors (Lipinski definition) is 1. The Bertz CT molecular complexity index is 363. The van der Waals surface area contributed by atoms with Gasteiger partial charge in [-0.05, 0) is 24.1 Å². The van der Waals surface area contributed by atoms with E-state index in [4.69, 9.17) is 10.5 Å². The van der Waals surface area contributed by atoms with Crippen LogP contribution in [0.5, 0.6) is 5.75 Å². The van der Waals surface area contributed by atoms with Crippen molar-refractivity contribution in [3.63, 3.8) is 0 Å². The predicted octanol–water partition coefficient (Wildman–Crippen LogP) is 2.44. The molecule has 2 N–H and O–H groups in total. The molecular formula is C11H14F3NO. The van der Waals surface area contributed by atoms with Crippen LogP contribution >= 0.6 is 0 Å². The third-order valence-electron chi connectivity index (χ3n) is 2.43. The lowest BCUT2D eigenvalue weighted by molar-refractivity contribution is -0.147. The molecule has 0 saturated heterocycles. The SMILES string of the molecule is COc1cccc(C)c1CC(N)C(F)(F)F. The molecule has 0 amide bonds. The van der Waals surface area contributed by atoms with Gasteiger partial charge in [0.1, 0.15) is 11.8 Å². The van der Waals surface area contributed by atoms with Crippen molar-refractivity contribution in [2.24, 2.45) is 5.73 Å². The zero-order valence-electron chi connectivity index (χ0n) is 9.14. The lowest BCUT2D eigenvalue weighted by atomic mass is 10.00. The molecule has 0 aliphatic carbocycles. The van der Waals surface area contributed by atoms with E-state index < -0.39 is 12.2 Å². The molecule has 2 nitrogen and oxygen atoms in total. The Labute approximate surface area is 92.2 Å². The van der Waals surface area contributed by atoms with Gasteiger partial charge in [-0.2, -0.15) is 13.2 Å². The van der Waals surface area contributed by atoms with E-state index in [1.54, 1.807) is 25.1 Å². The number of ether oxygens (including phenoxy) is 1. The number of hydrogen-bond acceptors (Lipinski definition) is 2. The largest absolute Gasteiger partial charge is 0.496 e. The summed E-state index contributed by atoms with van der Waals surface area (Å²) in [6.45, 7) is 1.74. The molecule has 0 saturated carbocycles. The van der Waals surface area contributed by atoms with Gasteiger partial charge in [-0.3, -0.25) is 0 Å². The second-order valence-corrected chi connectivity index (χ2v) is 3.61. The molecule has 0 aromatic heterocycles. The van der Waals surface area contributed by atoms with Crippen LogP contribution in [0.1, 0.15) is 11.1 Å². The third kappa shape index (κ3) is 2.88. The molecule has 0 heterocycles. The van der Waals surface area contributed by atoms with Gasteiger partial charge in [-0.1, -0.05) is 12.1 Å². The number of benzene rings is 1. The van der Waals surface area contributed by atoms with E-state index in [1.165, 1.54) is 7.11 Å². The van der Waals surface area contributed by atoms with E-state index in [1.807, 2.05) is 0 Å². The van der Waals surface area contributed by atoms with Crippen LogP contribution < -0.4 is 10.5 Å². The maximum atomic E-state index is 12.3. The van der Waals surface area contributed by atoms with Crippen LogP contribution in [0.15, 0.2) is 18.2 Å². The van der Waals surface area contributed by atoms with Crippen molar-refractivity contribution < 1.29 is 17.9 Å². The summed E-state index contributed by atoms with van der Waals surface area (Å²) in [6, 6.07) is 3.24. The third-order valence-corrected chi connectivity index (χ3v) is 2.43. The summed E-state index contributed by atoms with van der Waals surface area (Å²) >= 11 is 0. The average molecular weight is 233 g/mol. The van der Waals surface area contributed by atoms with E-state index in [9.17, 15) is 13.2 Å². The van der Waals surface area contributed by atoms with E-state index in [0.29, 0.717) is 11.3 Å². The lowest BCUT2D eigenvalue weighted by Crippen LogP contribution is -2.39. The van der Waals surface area contributed by atoms with Crippen LogP contribution in [0.2, 0.25) is 0 Å². The molecule has 1 aromatic rings. The highest BCUT2D eigenvalue weighted by Crippen LogP contribution is 2.27. The fourth-order valence-electron chi connectivity index (χ4n) is 1.46. The molecule has 0 bridgehead atoms. The molecule has 5 heteroatoms. The molecule has 0 radical (unpaired) electrons. The van der Waals surface area contributed by atoms with Crippen LogP contribution in [-0.2, 0) is 6.42 Å². The van der Waals surface area contributed by atoms with E-state index in [0.717, 1.165) is 5.56 Å². The van der Waals surface area contributed by atoms with Crippen molar-refractivity contribution in [1.82, 2.24) is 0 Å². The number of alkyl halides is 3. The van der Waals surface area contributed by atoms with Gasteiger partial charge >= 0.3 is 6.18 Å². The maximum Gasteiger partial charge on any atom is 0.403 e. The number of aryl methyl sites for hydroxylation is 1. The average Bonchev–Trinajstić information content (AvgIpc) is 2.19. The van der Waals surface area contributed by atoms with Gasteiger partial charge < -0.3 is 10.5 Å². The fourth-order valence-corrected chi connectivity index (χ4v) is 1.46. The summed E-state index contributed by atoms with van der Waals surface area (Å²) < 4.78 is 42.0. The van der Waals surface area contributed by atoms with Gasteiger partial charge in [0.05, 0.1) is 7.11 Å². The number of nitrogens with two attached hydrogens (primary N) is 1. The second-order valence-electron chi connectivity index (χ2n) is 3.61. The van der Waals surface area contributed by atoms with Gasteiger partial charge in [0.25, 0.3) is 0 Å². The summed E-state index contributed by atoms with van der Waals surface area (Å²) in [7, 11) is 1.43. The maximum absolute atomic E-state index is 12.3. The first-order valence-corrected chi connectivity index (χ1v) is 4.81. The van der Waals surface area contributed by atoms with E-state index >= 15 is 0 Å². The van der Waals surface area contributed by atoms with E-state index in [2.05, 4.69) is 0 Å². The summed E-state index contributed by atoms with van der Waals surface area (Å²) in [5, 5.41) is 0. The Morgan fingerprint density at radius 3 is 2.50 bits per heavy atom. The second kappa shape index (κ2) is 4.74. The van der Waals surface area contributed by atoms with Crippen molar-refractivity contribution in [2.45, 2.75) is 25.6 Å². The lowest BCUT2D eigenvalue weighted by Gasteiger charge is -2.18. The van der Waals surface area contributed by atoms with Crippen LogP contribution in [0.4, 0.5) is 13.2 Å². The first-order chi connectivity index (χ1) is 7.36. The standard InChI is InChI=1S/C11H14F3NO/c1-7-4-3-5-9(16-2)8(7)6-10(15)11(12,13)14/h3-5,10H,6,15H2,1-2H3. The Morgan fingerprint density at radius 2 is 2.00 bits per heavy atom. The highest BCUT2D eigenvalue weighted by molar-refractivity contribution is 5.40. The Balaban J connectivity index is 2.96. The summed E-state index contributed by atoms with van der Waals surface area (Å²) in [5.74, 6) is 0.444. The topological polar surface area (TPSA) is 35.2 Å². The molecular weight excluding hydrogens is 219 g/mol. The zero-order valence-corrected chi connectivity index (χ0v) is 9.14. The Kier molecular flexibility index (Phi) is 3.80. The summed E-state index contributed by atoms with van der Waals surface area (Å²) in [5.41, 5.74) is 6.35. The molecule has 90 valence electrons. The number of halogens is 3. The monoisotopic (exact) mass is 233 g/mol. The normalized spacial score (nSPS) is 13.6. The van der Waals surface area contributed by atoms with Crippen molar-refractivity contribution in [3.05, 3.63) is 29.3 Å². The number of methoxy groups -OCH3 is 1. The molecule has 0 spiro atoms. The van der Waals surface area contributed by atoms with Crippen LogP contribution in [-0.4, -0.2) is 19.3 Å². The summed E-state index contributed by atoms with van der Waals surface area (Å²) in [4.78, 5) is 0. The predicted molar refractivity (Wildman–Crippen MR) is 55.5 cm³/mol. The minimum atomic E-state index is -4.38. The molecule has 0 aliphatic rings. The van der Waals surface area contributed by atoms with Gasteiger partial charge in [0, 0.05) is 6.42 Å². The first-order valence-electron chi connectivity index (χ1n) is 4.81. The minimum Gasteiger partial charge on any atom is -0.496 e. The van der Waals surface area contributed by atoms with Gasteiger partial charge in [0.2, 0.25) is 0 Å². The van der Waals surface area contributed by atoms with Crippen LogP contribution in [0.3, 0.4) is 0 Å². The molecule has 1 unspecified atom stereocenters. The molecule has 0 fully saturated rings. The fraction of sp³-hybridized carbons (Fsp3) is 0.455. The van der Waals surface area contributed by atoms with Crippen molar-refractivity contribution in [1.29, 1.82) is 0 Å². The smallest absolute Gasteiger partial charge is 0.403 e. The van der Waals surface area contributed by atoms with Crippen molar-refractivity contribution in [3.8, 4) is 5.75 Å². The van der Waals surface area contributed by atoms with Crippen molar-refractivity contribution in [2.75, 3.05) is 7.11 Å². The van der Waals surface area contributed by atoms with Crippen LogP contribution in [0, 0.1) is 6.92 Å².